The Labute approximate surface area is 91.0 Å². The predicted octanol–water partition coefficient (Wildman–Crippen LogP) is 2.48. The molecule has 3 heteroatoms. The van der Waals surface area contributed by atoms with Crippen LogP contribution in [0.5, 0.6) is 0 Å². The largest absolute Gasteiger partial charge is 0.323 e. The Morgan fingerprint density at radius 2 is 2.07 bits per heavy atom. The van der Waals surface area contributed by atoms with Crippen molar-refractivity contribution in [2.45, 2.75) is 46.5 Å². The second kappa shape index (κ2) is 5.10. The molecule has 0 aliphatic heterocycles. The van der Waals surface area contributed by atoms with E-state index < -0.39 is 0 Å². The Bertz CT molecular complexity index is 368. The van der Waals surface area contributed by atoms with E-state index in [0.717, 1.165) is 18.5 Å². The van der Waals surface area contributed by atoms with E-state index in [4.69, 9.17) is 0 Å². The highest BCUT2D eigenvalue weighted by Crippen LogP contribution is 2.12. The molecular formula is C12H20N2O. The number of nitrogens with one attached hydrogen (secondary N) is 1. The quantitative estimate of drug-likeness (QED) is 0.826. The van der Waals surface area contributed by atoms with E-state index in [9.17, 15) is 4.79 Å². The molecule has 0 radical (unpaired) electrons. The molecule has 1 aromatic heterocycles. The summed E-state index contributed by atoms with van der Waals surface area (Å²) in [6.07, 6.45) is 3.62. The molecule has 0 saturated heterocycles. The molecule has 1 N–H and O–H groups in total. The third-order valence-electron chi connectivity index (χ3n) is 2.57. The Morgan fingerprint density at radius 3 is 2.53 bits per heavy atom. The minimum atomic E-state index is -0.0255. The van der Waals surface area contributed by atoms with Crippen molar-refractivity contribution in [1.29, 1.82) is 0 Å². The van der Waals surface area contributed by atoms with Crippen molar-refractivity contribution >= 4 is 0 Å². The van der Waals surface area contributed by atoms with Gasteiger partial charge in [-0.3, -0.25) is 9.78 Å². The first kappa shape index (κ1) is 12.0. The molecule has 1 aromatic rings. The van der Waals surface area contributed by atoms with Crippen molar-refractivity contribution in [2.24, 2.45) is 5.92 Å². The fourth-order valence-corrected chi connectivity index (χ4v) is 1.54. The van der Waals surface area contributed by atoms with Crippen molar-refractivity contribution in [1.82, 2.24) is 9.97 Å². The topological polar surface area (TPSA) is 45.8 Å². The molecular weight excluding hydrogens is 188 g/mol. The minimum absolute atomic E-state index is 0.0255. The van der Waals surface area contributed by atoms with E-state index in [1.54, 1.807) is 6.20 Å². The van der Waals surface area contributed by atoms with Crippen molar-refractivity contribution in [2.75, 3.05) is 0 Å². The van der Waals surface area contributed by atoms with Gasteiger partial charge in [0.05, 0.1) is 0 Å². The molecule has 84 valence electrons. The summed E-state index contributed by atoms with van der Waals surface area (Å²) in [6.45, 7) is 8.34. The molecule has 0 saturated carbocycles. The number of aromatic nitrogens is 2. The summed E-state index contributed by atoms with van der Waals surface area (Å²) in [7, 11) is 0. The van der Waals surface area contributed by atoms with Gasteiger partial charge in [-0.1, -0.05) is 27.7 Å². The van der Waals surface area contributed by atoms with Crippen LogP contribution >= 0.6 is 0 Å². The van der Waals surface area contributed by atoms with Crippen LogP contribution < -0.4 is 5.56 Å². The summed E-state index contributed by atoms with van der Waals surface area (Å²) in [6, 6.07) is 0. The summed E-state index contributed by atoms with van der Waals surface area (Å²) in [5, 5.41) is 0. The van der Waals surface area contributed by atoms with Crippen LogP contribution in [-0.2, 0) is 6.42 Å². The molecule has 1 atom stereocenters. The summed E-state index contributed by atoms with van der Waals surface area (Å²) in [5.41, 5.74) is 1.56. The highest BCUT2D eigenvalue weighted by Gasteiger charge is 2.10. The molecule has 0 aliphatic rings. The fourth-order valence-electron chi connectivity index (χ4n) is 1.54. The number of rotatable bonds is 4. The molecule has 0 amide bonds. The number of aromatic amines is 1. The van der Waals surface area contributed by atoms with Crippen LogP contribution in [0.1, 0.15) is 51.4 Å². The Balaban J connectivity index is 2.93. The lowest BCUT2D eigenvalue weighted by Gasteiger charge is -2.08. The molecule has 0 aliphatic carbocycles. The lowest BCUT2D eigenvalue weighted by atomic mass is 10.0. The van der Waals surface area contributed by atoms with Gasteiger partial charge in [-0.2, -0.15) is 0 Å². The predicted molar refractivity (Wildman–Crippen MR) is 62.1 cm³/mol. The number of hydrogen-bond acceptors (Lipinski definition) is 2. The number of H-pyrrole nitrogens is 1. The zero-order valence-corrected chi connectivity index (χ0v) is 10.0. The van der Waals surface area contributed by atoms with Gasteiger partial charge in [0.15, 0.2) is 0 Å². The van der Waals surface area contributed by atoms with Gasteiger partial charge < -0.3 is 4.98 Å². The zero-order chi connectivity index (χ0) is 11.4. The van der Waals surface area contributed by atoms with Crippen molar-refractivity contribution in [3.63, 3.8) is 0 Å². The van der Waals surface area contributed by atoms with Gasteiger partial charge >= 0.3 is 0 Å². The van der Waals surface area contributed by atoms with E-state index in [0.29, 0.717) is 11.6 Å². The van der Waals surface area contributed by atoms with Crippen LogP contribution in [0.25, 0.3) is 0 Å². The third-order valence-corrected chi connectivity index (χ3v) is 2.57. The van der Waals surface area contributed by atoms with E-state index in [1.807, 2.05) is 6.92 Å². The van der Waals surface area contributed by atoms with E-state index in [1.165, 1.54) is 0 Å². The maximum atomic E-state index is 11.7. The zero-order valence-electron chi connectivity index (χ0n) is 10.0. The normalized spacial score (nSPS) is 13.1. The van der Waals surface area contributed by atoms with E-state index >= 15 is 0 Å². The SMILES string of the molecule is CCC(C)c1ncc(CC(C)C)[nH]c1=O. The number of nitrogens with zero attached hydrogens (tertiary/aromatic N) is 1. The second-order valence-electron chi connectivity index (χ2n) is 4.53. The van der Waals surface area contributed by atoms with Gasteiger partial charge in [-0.05, 0) is 18.8 Å². The maximum absolute atomic E-state index is 11.7. The summed E-state index contributed by atoms with van der Waals surface area (Å²) < 4.78 is 0. The summed E-state index contributed by atoms with van der Waals surface area (Å²) in [5.74, 6) is 0.777. The van der Waals surface area contributed by atoms with Crippen molar-refractivity contribution < 1.29 is 0 Å². The first-order valence-electron chi connectivity index (χ1n) is 5.62. The van der Waals surface area contributed by atoms with E-state index in [2.05, 4.69) is 30.7 Å². The highest BCUT2D eigenvalue weighted by molar-refractivity contribution is 5.07. The fraction of sp³-hybridized carbons (Fsp3) is 0.667. The first-order valence-corrected chi connectivity index (χ1v) is 5.62. The van der Waals surface area contributed by atoms with Gasteiger partial charge in [0.25, 0.3) is 5.56 Å². The van der Waals surface area contributed by atoms with Gasteiger partial charge in [0, 0.05) is 17.8 Å². The molecule has 0 aromatic carbocycles. The lowest BCUT2D eigenvalue weighted by molar-refractivity contribution is 0.623. The van der Waals surface area contributed by atoms with E-state index in [-0.39, 0.29) is 11.5 Å². The summed E-state index contributed by atoms with van der Waals surface area (Å²) in [4.78, 5) is 18.9. The first-order chi connectivity index (χ1) is 7.04. The van der Waals surface area contributed by atoms with Crippen LogP contribution in [0.4, 0.5) is 0 Å². The molecule has 1 rings (SSSR count). The molecule has 0 bridgehead atoms. The van der Waals surface area contributed by atoms with Crippen molar-refractivity contribution in [3.05, 3.63) is 27.9 Å². The van der Waals surface area contributed by atoms with Crippen LogP contribution in [0, 0.1) is 5.92 Å². The van der Waals surface area contributed by atoms with Crippen LogP contribution in [-0.4, -0.2) is 9.97 Å². The highest BCUT2D eigenvalue weighted by atomic mass is 16.1. The van der Waals surface area contributed by atoms with Gasteiger partial charge in [-0.25, -0.2) is 0 Å². The second-order valence-corrected chi connectivity index (χ2v) is 4.53. The van der Waals surface area contributed by atoms with Gasteiger partial charge in [0.1, 0.15) is 5.69 Å². The van der Waals surface area contributed by atoms with Crippen molar-refractivity contribution in [3.8, 4) is 0 Å². The van der Waals surface area contributed by atoms with Gasteiger partial charge in [-0.15, -0.1) is 0 Å². The molecule has 0 fully saturated rings. The molecule has 15 heavy (non-hydrogen) atoms. The minimum Gasteiger partial charge on any atom is -0.323 e. The Hall–Kier alpha value is -1.12. The molecule has 1 unspecified atom stereocenters. The maximum Gasteiger partial charge on any atom is 0.270 e. The number of hydrogen-bond donors (Lipinski definition) is 1. The van der Waals surface area contributed by atoms with Gasteiger partial charge in [0.2, 0.25) is 0 Å². The average Bonchev–Trinajstić information content (AvgIpc) is 2.16. The molecule has 0 spiro atoms. The smallest absolute Gasteiger partial charge is 0.270 e. The summed E-state index contributed by atoms with van der Waals surface area (Å²) >= 11 is 0. The lowest BCUT2D eigenvalue weighted by Crippen LogP contribution is -2.19. The molecule has 1 heterocycles. The Morgan fingerprint density at radius 1 is 1.40 bits per heavy atom. The Kier molecular flexibility index (Phi) is 4.06. The van der Waals surface area contributed by atoms with Crippen LogP contribution in [0.15, 0.2) is 11.0 Å². The average molecular weight is 208 g/mol. The monoisotopic (exact) mass is 208 g/mol. The standard InChI is InChI=1S/C12H20N2O/c1-5-9(4)11-12(15)14-10(7-13-11)6-8(2)3/h7-9H,5-6H2,1-4H3,(H,14,15). The van der Waals surface area contributed by atoms with Crippen LogP contribution in [0.3, 0.4) is 0 Å². The molecule has 3 nitrogen and oxygen atoms in total. The van der Waals surface area contributed by atoms with Crippen LogP contribution in [0.2, 0.25) is 0 Å². The third kappa shape index (κ3) is 3.18.